The molecule has 0 amide bonds. The quantitative estimate of drug-likeness (QED) is 0.813. The van der Waals surface area contributed by atoms with Gasteiger partial charge >= 0.3 is 0 Å². The van der Waals surface area contributed by atoms with Gasteiger partial charge in [0.15, 0.2) is 11.6 Å². The van der Waals surface area contributed by atoms with Gasteiger partial charge in [-0.2, -0.15) is 4.80 Å². The van der Waals surface area contributed by atoms with E-state index in [1.54, 1.807) is 25.2 Å². The van der Waals surface area contributed by atoms with Gasteiger partial charge < -0.3 is 0 Å². The van der Waals surface area contributed by atoms with Crippen LogP contribution in [0.1, 0.15) is 16.2 Å². The van der Waals surface area contributed by atoms with Crippen LogP contribution in [-0.4, -0.2) is 26.0 Å². The first kappa shape index (κ1) is 12.2. The number of carbonyl (C=O) groups excluding carboxylic acids is 1. The van der Waals surface area contributed by atoms with Gasteiger partial charge in [0.1, 0.15) is 0 Å². The van der Waals surface area contributed by atoms with Crippen molar-refractivity contribution in [2.75, 3.05) is 0 Å². The molecule has 0 saturated carbocycles. The van der Waals surface area contributed by atoms with Crippen molar-refractivity contribution in [3.05, 3.63) is 39.1 Å². The molecule has 0 aliphatic heterocycles. The molecule has 7 heteroatoms. The summed E-state index contributed by atoms with van der Waals surface area (Å²) >= 11 is 9.11. The van der Waals surface area contributed by atoms with Gasteiger partial charge in [-0.15, -0.1) is 10.2 Å². The molecular weight excluding hydrogens is 307 g/mol. The maximum atomic E-state index is 12.0. The summed E-state index contributed by atoms with van der Waals surface area (Å²) in [7, 11) is 1.65. The summed E-state index contributed by atoms with van der Waals surface area (Å²) in [6.45, 7) is 0. The lowest BCUT2D eigenvalue weighted by Gasteiger charge is -2.01. The summed E-state index contributed by atoms with van der Waals surface area (Å²) in [5, 5.41) is 12.0. The molecule has 0 aliphatic carbocycles. The van der Waals surface area contributed by atoms with Crippen molar-refractivity contribution < 1.29 is 4.79 Å². The van der Waals surface area contributed by atoms with E-state index in [1.165, 1.54) is 4.80 Å². The van der Waals surface area contributed by atoms with Crippen molar-refractivity contribution in [2.45, 2.75) is 6.42 Å². The monoisotopic (exact) mass is 314 g/mol. The molecule has 2 aromatic rings. The van der Waals surface area contributed by atoms with Crippen molar-refractivity contribution in [2.24, 2.45) is 7.05 Å². The smallest absolute Gasteiger partial charge is 0.182 e. The van der Waals surface area contributed by atoms with Crippen LogP contribution in [0.5, 0.6) is 0 Å². The Morgan fingerprint density at radius 1 is 1.53 bits per heavy atom. The van der Waals surface area contributed by atoms with Crippen LogP contribution in [0, 0.1) is 0 Å². The van der Waals surface area contributed by atoms with Gasteiger partial charge in [0, 0.05) is 15.1 Å². The third kappa shape index (κ3) is 2.89. The zero-order valence-corrected chi connectivity index (χ0v) is 11.2. The molecule has 1 aromatic carbocycles. The number of benzene rings is 1. The van der Waals surface area contributed by atoms with Crippen LogP contribution in [0.25, 0.3) is 0 Å². The number of carbonyl (C=O) groups is 1. The minimum Gasteiger partial charge on any atom is -0.294 e. The van der Waals surface area contributed by atoms with Crippen LogP contribution in [0.4, 0.5) is 0 Å². The van der Waals surface area contributed by atoms with E-state index in [9.17, 15) is 4.79 Å². The van der Waals surface area contributed by atoms with Gasteiger partial charge in [0.25, 0.3) is 0 Å². The molecule has 0 spiro atoms. The predicted molar refractivity (Wildman–Crippen MR) is 66.0 cm³/mol. The lowest BCUT2D eigenvalue weighted by atomic mass is 10.1. The molecule has 0 saturated heterocycles. The molecule has 0 unspecified atom stereocenters. The van der Waals surface area contributed by atoms with Crippen molar-refractivity contribution in [3.63, 3.8) is 0 Å². The Balaban J connectivity index is 2.20. The van der Waals surface area contributed by atoms with E-state index in [4.69, 9.17) is 11.6 Å². The topological polar surface area (TPSA) is 60.7 Å². The molecular formula is C10H8BrClN4O. The lowest BCUT2D eigenvalue weighted by molar-refractivity contribution is 0.0990. The van der Waals surface area contributed by atoms with Crippen LogP contribution >= 0.6 is 27.5 Å². The Bertz CT molecular complexity index is 569. The van der Waals surface area contributed by atoms with Crippen LogP contribution in [0.2, 0.25) is 5.02 Å². The standard InChI is InChI=1S/C10H8BrClN4O/c1-16-14-10(13-15-16)5-9(17)7-3-2-6(12)4-8(7)11/h2-4H,5H2,1H3. The Morgan fingerprint density at radius 2 is 2.29 bits per heavy atom. The van der Waals surface area contributed by atoms with Crippen molar-refractivity contribution in [1.29, 1.82) is 0 Å². The Kier molecular flexibility index (Phi) is 3.54. The summed E-state index contributed by atoms with van der Waals surface area (Å²) in [6.07, 6.45) is 0.119. The van der Waals surface area contributed by atoms with Gasteiger partial charge in [0.05, 0.1) is 13.5 Å². The number of aryl methyl sites for hydroxylation is 1. The molecule has 88 valence electrons. The summed E-state index contributed by atoms with van der Waals surface area (Å²) in [4.78, 5) is 13.3. The Morgan fingerprint density at radius 3 is 2.88 bits per heavy atom. The fourth-order valence-corrected chi connectivity index (χ4v) is 2.25. The van der Waals surface area contributed by atoms with Gasteiger partial charge in [-0.05, 0) is 39.3 Å². The van der Waals surface area contributed by atoms with Crippen molar-refractivity contribution in [3.8, 4) is 0 Å². The average Bonchev–Trinajstić information content (AvgIpc) is 2.63. The highest BCUT2D eigenvalue weighted by Crippen LogP contribution is 2.22. The third-order valence-electron chi connectivity index (χ3n) is 2.10. The van der Waals surface area contributed by atoms with Gasteiger partial charge in [-0.1, -0.05) is 11.6 Å². The van der Waals surface area contributed by atoms with Crippen LogP contribution in [0.15, 0.2) is 22.7 Å². The highest BCUT2D eigenvalue weighted by atomic mass is 79.9. The number of hydrogen-bond donors (Lipinski definition) is 0. The molecule has 2 rings (SSSR count). The minimum atomic E-state index is -0.0819. The molecule has 0 bridgehead atoms. The summed E-state index contributed by atoms with van der Waals surface area (Å²) in [6, 6.07) is 5.02. The first-order valence-electron chi connectivity index (χ1n) is 4.77. The van der Waals surface area contributed by atoms with Gasteiger partial charge in [-0.3, -0.25) is 4.79 Å². The molecule has 0 aliphatic rings. The van der Waals surface area contributed by atoms with E-state index >= 15 is 0 Å². The Labute approximate surface area is 111 Å². The van der Waals surface area contributed by atoms with Crippen LogP contribution in [0.3, 0.4) is 0 Å². The van der Waals surface area contributed by atoms with E-state index in [0.29, 0.717) is 20.9 Å². The normalized spacial score (nSPS) is 10.5. The highest BCUT2D eigenvalue weighted by molar-refractivity contribution is 9.10. The Hall–Kier alpha value is -1.27. The SMILES string of the molecule is Cn1nnc(CC(=O)c2ccc(Cl)cc2Br)n1. The molecule has 1 heterocycles. The van der Waals surface area contributed by atoms with E-state index in [0.717, 1.165) is 0 Å². The second-order valence-electron chi connectivity index (χ2n) is 3.42. The lowest BCUT2D eigenvalue weighted by Crippen LogP contribution is -2.06. The number of Topliss-reactive ketones (excluding diaryl/α,β-unsaturated/α-hetero) is 1. The molecule has 5 nitrogen and oxygen atoms in total. The molecule has 1 aromatic heterocycles. The van der Waals surface area contributed by atoms with Crippen LogP contribution < -0.4 is 0 Å². The molecule has 17 heavy (non-hydrogen) atoms. The van der Waals surface area contributed by atoms with Crippen molar-refractivity contribution >= 4 is 33.3 Å². The highest BCUT2D eigenvalue weighted by Gasteiger charge is 2.13. The predicted octanol–water partition coefficient (Wildman–Crippen LogP) is 2.05. The van der Waals surface area contributed by atoms with Crippen LogP contribution in [-0.2, 0) is 13.5 Å². The second kappa shape index (κ2) is 4.93. The fraction of sp³-hybridized carbons (Fsp3) is 0.200. The van der Waals surface area contributed by atoms with E-state index in [-0.39, 0.29) is 12.2 Å². The van der Waals surface area contributed by atoms with E-state index in [2.05, 4.69) is 31.3 Å². The number of aromatic nitrogens is 4. The minimum absolute atomic E-state index is 0.0819. The summed E-state index contributed by atoms with van der Waals surface area (Å²) < 4.78 is 0.666. The second-order valence-corrected chi connectivity index (χ2v) is 4.71. The maximum Gasteiger partial charge on any atom is 0.182 e. The molecule has 0 fully saturated rings. The average molecular weight is 316 g/mol. The van der Waals surface area contributed by atoms with E-state index in [1.807, 2.05) is 0 Å². The maximum absolute atomic E-state index is 12.0. The zero-order valence-electron chi connectivity index (χ0n) is 8.89. The third-order valence-corrected chi connectivity index (χ3v) is 2.99. The number of tetrazole rings is 1. The van der Waals surface area contributed by atoms with Gasteiger partial charge in [0.2, 0.25) is 0 Å². The summed E-state index contributed by atoms with van der Waals surface area (Å²) in [5.41, 5.74) is 0.557. The number of ketones is 1. The number of nitrogens with zero attached hydrogens (tertiary/aromatic N) is 4. The fourth-order valence-electron chi connectivity index (χ4n) is 1.35. The molecule has 0 radical (unpaired) electrons. The number of halogens is 2. The number of hydrogen-bond acceptors (Lipinski definition) is 4. The van der Waals surface area contributed by atoms with Gasteiger partial charge in [-0.25, -0.2) is 0 Å². The summed E-state index contributed by atoms with van der Waals surface area (Å²) in [5.74, 6) is 0.320. The van der Waals surface area contributed by atoms with Crippen molar-refractivity contribution in [1.82, 2.24) is 20.2 Å². The molecule has 0 atom stereocenters. The number of rotatable bonds is 3. The molecule has 0 N–H and O–H groups in total. The van der Waals surface area contributed by atoms with E-state index < -0.39 is 0 Å². The first-order chi connectivity index (χ1) is 8.06. The first-order valence-corrected chi connectivity index (χ1v) is 5.94. The largest absolute Gasteiger partial charge is 0.294 e. The zero-order chi connectivity index (χ0) is 12.4.